The first-order valence-electron chi connectivity index (χ1n) is 9.42. The monoisotopic (exact) mass is 396 g/mol. The lowest BCUT2D eigenvalue weighted by Crippen LogP contribution is -2.41. The van der Waals surface area contributed by atoms with Crippen LogP contribution in [0.4, 0.5) is 4.39 Å². The van der Waals surface area contributed by atoms with Gasteiger partial charge in [-0.3, -0.25) is 4.79 Å². The maximum Gasteiger partial charge on any atom is 0.222 e. The predicted molar refractivity (Wildman–Crippen MR) is 104 cm³/mol. The number of hydrogen-bond donors (Lipinski definition) is 0. The number of halogens is 1. The van der Waals surface area contributed by atoms with Gasteiger partial charge < -0.3 is 18.8 Å². The van der Waals surface area contributed by atoms with Crippen LogP contribution in [-0.4, -0.2) is 42.1 Å². The van der Waals surface area contributed by atoms with Crippen LogP contribution < -0.4 is 9.47 Å². The minimum Gasteiger partial charge on any atom is -0.486 e. The molecule has 7 heteroatoms. The number of ether oxygens (including phenoxy) is 2. The fraction of sp³-hybridized carbons (Fsp3) is 0.273. The first-order chi connectivity index (χ1) is 14.1. The number of likely N-dealkylation sites (N-methyl/N-ethyl adjacent to an activating group) is 1. The van der Waals surface area contributed by atoms with E-state index in [1.807, 2.05) is 24.3 Å². The quantitative estimate of drug-likeness (QED) is 0.636. The van der Waals surface area contributed by atoms with Gasteiger partial charge in [-0.05, 0) is 24.3 Å². The van der Waals surface area contributed by atoms with Crippen LogP contribution in [0.1, 0.15) is 12.3 Å². The molecule has 150 valence electrons. The molecular weight excluding hydrogens is 375 g/mol. The topological polar surface area (TPSA) is 64.8 Å². The standard InChI is InChI=1S/C22H21FN2O4/c1-25(13-15-14-27-18-8-4-5-9-19(18)28-15)22(26)11-10-21-24-12-20(29-21)16-6-2-3-7-17(16)23/h2-9,12,15H,10-11,13-14H2,1H3. The molecule has 0 N–H and O–H groups in total. The molecule has 0 radical (unpaired) electrons. The summed E-state index contributed by atoms with van der Waals surface area (Å²) in [6.07, 6.45) is 1.82. The predicted octanol–water partition coefficient (Wildman–Crippen LogP) is 3.71. The molecule has 1 unspecified atom stereocenters. The lowest BCUT2D eigenvalue weighted by atomic mass is 10.2. The molecule has 2 heterocycles. The number of oxazole rings is 1. The van der Waals surface area contributed by atoms with Crippen molar-refractivity contribution in [1.29, 1.82) is 0 Å². The van der Waals surface area contributed by atoms with Crippen LogP contribution in [0.3, 0.4) is 0 Å². The van der Waals surface area contributed by atoms with Crippen molar-refractivity contribution in [2.45, 2.75) is 18.9 Å². The van der Waals surface area contributed by atoms with Crippen LogP contribution in [0.5, 0.6) is 11.5 Å². The van der Waals surface area contributed by atoms with Crippen molar-refractivity contribution in [1.82, 2.24) is 9.88 Å². The SMILES string of the molecule is CN(CC1COc2ccccc2O1)C(=O)CCc1ncc(-c2ccccc2F)o1. The maximum absolute atomic E-state index is 13.8. The Kier molecular flexibility index (Phi) is 5.46. The van der Waals surface area contributed by atoms with E-state index in [0.29, 0.717) is 48.3 Å². The van der Waals surface area contributed by atoms with E-state index in [2.05, 4.69) is 4.98 Å². The van der Waals surface area contributed by atoms with Crippen molar-refractivity contribution < 1.29 is 23.1 Å². The molecule has 1 aliphatic heterocycles. The number of carbonyl (C=O) groups is 1. The van der Waals surface area contributed by atoms with Crippen molar-refractivity contribution in [2.75, 3.05) is 20.2 Å². The average molecular weight is 396 g/mol. The Hall–Kier alpha value is -3.35. The Morgan fingerprint density at radius 3 is 2.76 bits per heavy atom. The zero-order valence-corrected chi connectivity index (χ0v) is 16.0. The maximum atomic E-state index is 13.8. The van der Waals surface area contributed by atoms with E-state index in [0.717, 1.165) is 0 Å². The van der Waals surface area contributed by atoms with Crippen LogP contribution in [0.25, 0.3) is 11.3 Å². The number of carbonyl (C=O) groups excluding carboxylic acids is 1. The highest BCUT2D eigenvalue weighted by Gasteiger charge is 2.24. The molecule has 2 aromatic carbocycles. The summed E-state index contributed by atoms with van der Waals surface area (Å²) in [4.78, 5) is 18.2. The Morgan fingerprint density at radius 1 is 1.17 bits per heavy atom. The molecular formula is C22H21FN2O4. The summed E-state index contributed by atoms with van der Waals surface area (Å²) in [6, 6.07) is 13.8. The summed E-state index contributed by atoms with van der Waals surface area (Å²) in [5.74, 6) is 1.72. The molecule has 1 atom stereocenters. The Labute approximate surface area is 167 Å². The number of aryl methyl sites for hydroxylation is 1. The van der Waals surface area contributed by atoms with Crippen LogP contribution in [0.2, 0.25) is 0 Å². The lowest BCUT2D eigenvalue weighted by Gasteiger charge is -2.29. The number of nitrogens with zero attached hydrogens (tertiary/aromatic N) is 2. The van der Waals surface area contributed by atoms with E-state index in [-0.39, 0.29) is 24.2 Å². The van der Waals surface area contributed by atoms with Crippen molar-refractivity contribution >= 4 is 5.91 Å². The third-order valence-electron chi connectivity index (χ3n) is 4.72. The second-order valence-electron chi connectivity index (χ2n) is 6.87. The largest absolute Gasteiger partial charge is 0.486 e. The minimum absolute atomic E-state index is 0.0573. The van der Waals surface area contributed by atoms with Gasteiger partial charge in [-0.15, -0.1) is 0 Å². The fourth-order valence-electron chi connectivity index (χ4n) is 3.18. The van der Waals surface area contributed by atoms with Crippen LogP contribution in [0, 0.1) is 5.82 Å². The molecule has 0 saturated heterocycles. The number of amides is 1. The van der Waals surface area contributed by atoms with Gasteiger partial charge in [0.25, 0.3) is 0 Å². The molecule has 0 aliphatic carbocycles. The molecule has 0 bridgehead atoms. The third-order valence-corrected chi connectivity index (χ3v) is 4.72. The number of para-hydroxylation sites is 2. The van der Waals surface area contributed by atoms with Crippen molar-refractivity contribution in [3.8, 4) is 22.8 Å². The second kappa shape index (κ2) is 8.34. The fourth-order valence-corrected chi connectivity index (χ4v) is 3.18. The van der Waals surface area contributed by atoms with E-state index < -0.39 is 0 Å². The Balaban J connectivity index is 1.29. The molecule has 1 amide bonds. The number of hydrogen-bond acceptors (Lipinski definition) is 5. The van der Waals surface area contributed by atoms with E-state index in [4.69, 9.17) is 13.9 Å². The smallest absolute Gasteiger partial charge is 0.222 e. The first-order valence-corrected chi connectivity index (χ1v) is 9.42. The summed E-state index contributed by atoms with van der Waals surface area (Å²) in [5, 5.41) is 0. The number of fused-ring (bicyclic) bond motifs is 1. The first kappa shape index (κ1) is 19.0. The summed E-state index contributed by atoms with van der Waals surface area (Å²) in [6.45, 7) is 0.805. The minimum atomic E-state index is -0.373. The number of rotatable bonds is 6. The van der Waals surface area contributed by atoms with E-state index in [1.54, 1.807) is 30.1 Å². The van der Waals surface area contributed by atoms with Gasteiger partial charge in [0.1, 0.15) is 12.4 Å². The molecule has 0 spiro atoms. The molecule has 1 aliphatic rings. The highest BCUT2D eigenvalue weighted by atomic mass is 19.1. The van der Waals surface area contributed by atoms with Gasteiger partial charge in [0, 0.05) is 19.9 Å². The molecule has 1 aromatic heterocycles. The van der Waals surface area contributed by atoms with Crippen molar-refractivity contribution in [2.24, 2.45) is 0 Å². The van der Waals surface area contributed by atoms with Gasteiger partial charge in [0.15, 0.2) is 29.3 Å². The number of benzene rings is 2. The van der Waals surface area contributed by atoms with Crippen LogP contribution >= 0.6 is 0 Å². The summed E-state index contributed by atoms with van der Waals surface area (Å²) >= 11 is 0. The average Bonchev–Trinajstić information content (AvgIpc) is 3.21. The molecule has 0 saturated carbocycles. The zero-order chi connectivity index (χ0) is 20.2. The van der Waals surface area contributed by atoms with Crippen LogP contribution in [-0.2, 0) is 11.2 Å². The van der Waals surface area contributed by atoms with Gasteiger partial charge in [0.2, 0.25) is 5.91 Å². The van der Waals surface area contributed by atoms with E-state index in [1.165, 1.54) is 12.3 Å². The van der Waals surface area contributed by atoms with Crippen molar-refractivity contribution in [3.63, 3.8) is 0 Å². The molecule has 0 fully saturated rings. The van der Waals surface area contributed by atoms with Gasteiger partial charge >= 0.3 is 0 Å². The molecule has 29 heavy (non-hydrogen) atoms. The van der Waals surface area contributed by atoms with Crippen LogP contribution in [0.15, 0.2) is 59.1 Å². The Morgan fingerprint density at radius 2 is 1.93 bits per heavy atom. The highest BCUT2D eigenvalue weighted by molar-refractivity contribution is 5.76. The number of aromatic nitrogens is 1. The van der Waals surface area contributed by atoms with Gasteiger partial charge in [-0.1, -0.05) is 24.3 Å². The van der Waals surface area contributed by atoms with Gasteiger partial charge in [-0.25, -0.2) is 9.37 Å². The third kappa shape index (κ3) is 4.39. The Bertz CT molecular complexity index is 1000. The second-order valence-corrected chi connectivity index (χ2v) is 6.87. The highest BCUT2D eigenvalue weighted by Crippen LogP contribution is 2.31. The van der Waals surface area contributed by atoms with E-state index >= 15 is 0 Å². The van der Waals surface area contributed by atoms with Gasteiger partial charge in [0.05, 0.1) is 18.3 Å². The summed E-state index contributed by atoms with van der Waals surface area (Å²) < 4.78 is 31.0. The normalized spacial score (nSPS) is 15.2. The zero-order valence-electron chi connectivity index (χ0n) is 16.0. The van der Waals surface area contributed by atoms with Gasteiger partial charge in [-0.2, -0.15) is 0 Å². The summed E-state index contributed by atoms with van der Waals surface area (Å²) in [7, 11) is 1.73. The van der Waals surface area contributed by atoms with Crippen molar-refractivity contribution in [3.05, 3.63) is 66.4 Å². The molecule has 3 aromatic rings. The van der Waals surface area contributed by atoms with E-state index in [9.17, 15) is 9.18 Å². The lowest BCUT2D eigenvalue weighted by molar-refractivity contribution is -0.131. The molecule has 4 rings (SSSR count). The summed E-state index contributed by atoms with van der Waals surface area (Å²) in [5.41, 5.74) is 0.351. The molecule has 6 nitrogen and oxygen atoms in total.